The molecule has 2 fully saturated rings. The molecule has 1 saturated heterocycles. The Bertz CT molecular complexity index is 974. The molecule has 1 aliphatic heterocycles. The molecule has 0 atom stereocenters. The van der Waals surface area contributed by atoms with Gasteiger partial charge >= 0.3 is 0 Å². The summed E-state index contributed by atoms with van der Waals surface area (Å²) >= 11 is 5.97. The predicted octanol–water partition coefficient (Wildman–Crippen LogP) is 2.82. The molecular formula is C20H21ClN4O2. The third-order valence-electron chi connectivity index (χ3n) is 6.31. The third kappa shape index (κ3) is 2.87. The van der Waals surface area contributed by atoms with Gasteiger partial charge in [0.1, 0.15) is 5.82 Å². The molecule has 1 N–H and O–H groups in total. The number of hydrogen-bond donors (Lipinski definition) is 1. The lowest BCUT2D eigenvalue weighted by Crippen LogP contribution is -2.45. The highest BCUT2D eigenvalue weighted by Gasteiger charge is 2.45. The van der Waals surface area contributed by atoms with Crippen LogP contribution in [0, 0.1) is 0 Å². The van der Waals surface area contributed by atoms with E-state index in [0.717, 1.165) is 55.6 Å². The van der Waals surface area contributed by atoms with Crippen molar-refractivity contribution in [1.82, 2.24) is 19.9 Å². The van der Waals surface area contributed by atoms with Crippen LogP contribution in [0.5, 0.6) is 0 Å². The zero-order chi connectivity index (χ0) is 18.6. The fraction of sp³-hybridized carbons (Fsp3) is 0.500. The van der Waals surface area contributed by atoms with E-state index in [4.69, 9.17) is 16.6 Å². The number of H-pyrrole nitrogens is 1. The van der Waals surface area contributed by atoms with Gasteiger partial charge in [-0.05, 0) is 44.6 Å². The van der Waals surface area contributed by atoms with Crippen molar-refractivity contribution >= 4 is 17.5 Å². The van der Waals surface area contributed by atoms with Gasteiger partial charge in [-0.1, -0.05) is 11.6 Å². The molecule has 1 saturated carbocycles. The molecule has 7 heteroatoms. The molecule has 5 rings (SSSR count). The first-order valence-corrected chi connectivity index (χ1v) is 9.97. The summed E-state index contributed by atoms with van der Waals surface area (Å²) in [5, 5.41) is 0.468. The van der Waals surface area contributed by atoms with Gasteiger partial charge in [0, 0.05) is 42.4 Å². The van der Waals surface area contributed by atoms with Crippen LogP contribution in [-0.2, 0) is 11.8 Å². The standard InChI is InChI=1S/C20H21ClN4O2/c21-14-9-13(10-22-11-14)19(27)25-7-5-20(6-8-25)4-3-15-16(20)23-17(12-1-2-12)24-18(15)26/h9-12H,1-8H2,(H,23,24,26). The minimum Gasteiger partial charge on any atom is -0.339 e. The number of amides is 1. The highest BCUT2D eigenvalue weighted by Crippen LogP contribution is 2.46. The minimum absolute atomic E-state index is 0.0318. The van der Waals surface area contributed by atoms with Crippen LogP contribution in [0.25, 0.3) is 0 Å². The van der Waals surface area contributed by atoms with E-state index in [1.807, 2.05) is 4.90 Å². The smallest absolute Gasteiger partial charge is 0.255 e. The summed E-state index contributed by atoms with van der Waals surface area (Å²) in [6.45, 7) is 1.33. The molecule has 1 spiro atoms. The lowest BCUT2D eigenvalue weighted by molar-refractivity contribution is 0.0663. The van der Waals surface area contributed by atoms with Crippen molar-refractivity contribution in [3.05, 3.63) is 56.5 Å². The van der Waals surface area contributed by atoms with E-state index in [9.17, 15) is 9.59 Å². The van der Waals surface area contributed by atoms with Gasteiger partial charge in [-0.15, -0.1) is 0 Å². The number of piperidine rings is 1. The fourth-order valence-electron chi connectivity index (χ4n) is 4.55. The van der Waals surface area contributed by atoms with Crippen molar-refractivity contribution in [1.29, 1.82) is 0 Å². The summed E-state index contributed by atoms with van der Waals surface area (Å²) in [5.41, 5.74) is 2.37. The van der Waals surface area contributed by atoms with Gasteiger partial charge in [-0.3, -0.25) is 14.6 Å². The lowest BCUT2D eigenvalue weighted by Gasteiger charge is -2.39. The van der Waals surface area contributed by atoms with Crippen LogP contribution >= 0.6 is 11.6 Å². The largest absolute Gasteiger partial charge is 0.339 e. The number of hydrogen-bond acceptors (Lipinski definition) is 4. The summed E-state index contributed by atoms with van der Waals surface area (Å²) in [5.74, 6) is 1.26. The number of carbonyl (C=O) groups is 1. The second-order valence-corrected chi connectivity index (χ2v) is 8.45. The summed E-state index contributed by atoms with van der Waals surface area (Å²) in [6, 6.07) is 1.66. The molecule has 2 aliphatic carbocycles. The first-order valence-electron chi connectivity index (χ1n) is 9.59. The molecule has 1 amide bonds. The number of aromatic amines is 1. The topological polar surface area (TPSA) is 79.0 Å². The highest BCUT2D eigenvalue weighted by molar-refractivity contribution is 6.30. The second-order valence-electron chi connectivity index (χ2n) is 8.02. The van der Waals surface area contributed by atoms with Crippen LogP contribution in [0.4, 0.5) is 0 Å². The molecule has 0 unspecified atom stereocenters. The van der Waals surface area contributed by atoms with Crippen molar-refractivity contribution in [3.63, 3.8) is 0 Å². The molecular weight excluding hydrogens is 364 g/mol. The Morgan fingerprint density at radius 1 is 1.22 bits per heavy atom. The number of likely N-dealkylation sites (tertiary alicyclic amines) is 1. The molecule has 2 aromatic heterocycles. The van der Waals surface area contributed by atoms with Gasteiger partial charge in [0.15, 0.2) is 0 Å². The zero-order valence-electron chi connectivity index (χ0n) is 15.0. The van der Waals surface area contributed by atoms with Gasteiger partial charge < -0.3 is 9.88 Å². The van der Waals surface area contributed by atoms with Gasteiger partial charge in [0.25, 0.3) is 11.5 Å². The second kappa shape index (κ2) is 6.16. The van der Waals surface area contributed by atoms with Crippen molar-refractivity contribution in [2.75, 3.05) is 13.1 Å². The third-order valence-corrected chi connectivity index (χ3v) is 6.52. The highest BCUT2D eigenvalue weighted by atomic mass is 35.5. The molecule has 3 aliphatic rings. The lowest BCUT2D eigenvalue weighted by atomic mass is 9.76. The van der Waals surface area contributed by atoms with Crippen molar-refractivity contribution in [2.45, 2.75) is 49.9 Å². The van der Waals surface area contributed by atoms with Crippen LogP contribution in [-0.4, -0.2) is 38.8 Å². The van der Waals surface area contributed by atoms with Crippen LogP contribution < -0.4 is 5.56 Å². The first kappa shape index (κ1) is 16.9. The maximum absolute atomic E-state index is 12.8. The number of pyridine rings is 1. The number of halogens is 1. The average molecular weight is 385 g/mol. The molecule has 2 aromatic rings. The van der Waals surface area contributed by atoms with E-state index in [2.05, 4.69) is 9.97 Å². The van der Waals surface area contributed by atoms with Gasteiger partial charge in [-0.25, -0.2) is 4.98 Å². The molecule has 3 heterocycles. The average Bonchev–Trinajstić information content (AvgIpc) is 3.47. The summed E-state index contributed by atoms with van der Waals surface area (Å²) in [6.07, 6.45) is 8.75. The van der Waals surface area contributed by atoms with Crippen LogP contribution in [0.15, 0.2) is 23.3 Å². The van der Waals surface area contributed by atoms with Crippen LogP contribution in [0.2, 0.25) is 5.02 Å². The molecule has 0 radical (unpaired) electrons. The van der Waals surface area contributed by atoms with Crippen molar-refractivity contribution in [3.8, 4) is 0 Å². The monoisotopic (exact) mass is 384 g/mol. The Kier molecular flexibility index (Phi) is 3.86. The van der Waals surface area contributed by atoms with E-state index in [-0.39, 0.29) is 16.9 Å². The number of rotatable bonds is 2. The maximum Gasteiger partial charge on any atom is 0.255 e. The van der Waals surface area contributed by atoms with Crippen LogP contribution in [0.3, 0.4) is 0 Å². The summed E-state index contributed by atoms with van der Waals surface area (Å²) in [4.78, 5) is 39.0. The predicted molar refractivity (Wildman–Crippen MR) is 101 cm³/mol. The first-order chi connectivity index (χ1) is 13.1. The number of fused-ring (bicyclic) bond motifs is 2. The Morgan fingerprint density at radius 2 is 2.00 bits per heavy atom. The number of nitrogens with zero attached hydrogens (tertiary/aromatic N) is 3. The molecule has 27 heavy (non-hydrogen) atoms. The fourth-order valence-corrected chi connectivity index (χ4v) is 4.73. The van der Waals surface area contributed by atoms with E-state index >= 15 is 0 Å². The Labute approximate surface area is 162 Å². The van der Waals surface area contributed by atoms with Gasteiger partial charge in [-0.2, -0.15) is 0 Å². The normalized spacial score (nSPS) is 20.7. The number of aromatic nitrogens is 3. The zero-order valence-corrected chi connectivity index (χ0v) is 15.8. The summed E-state index contributed by atoms with van der Waals surface area (Å²) in [7, 11) is 0. The van der Waals surface area contributed by atoms with E-state index < -0.39 is 0 Å². The maximum atomic E-state index is 12.8. The molecule has 140 valence electrons. The van der Waals surface area contributed by atoms with Crippen molar-refractivity contribution < 1.29 is 4.79 Å². The summed E-state index contributed by atoms with van der Waals surface area (Å²) < 4.78 is 0. The van der Waals surface area contributed by atoms with Gasteiger partial charge in [0.2, 0.25) is 0 Å². The van der Waals surface area contributed by atoms with Gasteiger partial charge in [0.05, 0.1) is 16.3 Å². The Morgan fingerprint density at radius 3 is 2.70 bits per heavy atom. The Balaban J connectivity index is 1.38. The van der Waals surface area contributed by atoms with E-state index in [1.54, 1.807) is 12.3 Å². The van der Waals surface area contributed by atoms with E-state index in [0.29, 0.717) is 29.6 Å². The van der Waals surface area contributed by atoms with E-state index in [1.165, 1.54) is 6.20 Å². The SMILES string of the molecule is O=C(c1cncc(Cl)c1)N1CCC2(CCc3c2nc(C2CC2)[nH]c3=O)CC1. The Hall–Kier alpha value is -2.21. The molecule has 6 nitrogen and oxygen atoms in total. The van der Waals surface area contributed by atoms with Crippen LogP contribution in [0.1, 0.15) is 65.5 Å². The number of carbonyl (C=O) groups excluding carboxylic acids is 1. The number of nitrogens with one attached hydrogen (secondary N) is 1. The quantitative estimate of drug-likeness (QED) is 0.863. The van der Waals surface area contributed by atoms with Crippen molar-refractivity contribution in [2.24, 2.45) is 0 Å². The molecule has 0 bridgehead atoms. The minimum atomic E-state index is -0.0589. The molecule has 0 aromatic carbocycles.